The Labute approximate surface area is 526 Å². The number of carbonyl (C=O) groups is 3. The Morgan fingerprint density at radius 3 is 1.20 bits per heavy atom. The summed E-state index contributed by atoms with van der Waals surface area (Å²) >= 11 is 18.8. The monoisotopic (exact) mass is 1260 g/mol. The van der Waals surface area contributed by atoms with Gasteiger partial charge in [0.25, 0.3) is 0 Å². The van der Waals surface area contributed by atoms with E-state index in [1.807, 2.05) is 47.1 Å². The van der Waals surface area contributed by atoms with Gasteiger partial charge in [0.1, 0.15) is 0 Å². The molecule has 3 aliphatic heterocycles. The summed E-state index contributed by atoms with van der Waals surface area (Å²) < 4.78 is 0. The smallest absolute Gasteiger partial charge is 0.317 e. The van der Waals surface area contributed by atoms with Crippen molar-refractivity contribution in [2.45, 2.75) is 169 Å². The summed E-state index contributed by atoms with van der Waals surface area (Å²) in [5.74, 6) is 0.796. The minimum Gasteiger partial charge on any atom is -0.389 e. The number of hydrogen-bond acceptors (Lipinski definition) is 11. The number of rotatable bonds is 15. The molecule has 20 nitrogen and oxygen atoms in total. The topological polar surface area (TPSA) is 284 Å². The molecule has 478 valence electrons. The largest absolute Gasteiger partial charge is 0.389 e. The van der Waals surface area contributed by atoms with Crippen LogP contribution in [0.5, 0.6) is 0 Å². The molecular weight excluding hydrogens is 1170 g/mol. The molecule has 3 aromatic heterocycles. The number of aromatic amines is 3. The lowest BCUT2D eigenvalue weighted by atomic mass is 9.68. The van der Waals surface area contributed by atoms with Gasteiger partial charge < -0.3 is 56.2 Å². The lowest BCUT2D eigenvalue weighted by Crippen LogP contribution is -2.53. The van der Waals surface area contributed by atoms with Crippen LogP contribution in [0.4, 0.5) is 14.4 Å². The van der Waals surface area contributed by atoms with Crippen LogP contribution in [0.25, 0.3) is 32.7 Å². The molecule has 11 N–H and O–H groups in total. The SMILES string of the molecule is CC(C)(C1CCN(C(=O)NCC2(O)CCC2)CC1)[C@H](O)c1cc(Cl)cc2cn[nH]c12.CC(C)(O)CNC(=O)N1CCC(C(C)(C)[C@H](O)c2cc(Cl)cc3cn[nH]c23)CC1.CC[C@@H](C)NC(=O)N1CCC(C(C)(C)[C@H](O)c2cc(Cl)cc3cn[nH]c23)CC1. The van der Waals surface area contributed by atoms with Gasteiger partial charge in [-0.1, -0.05) is 83.3 Å². The van der Waals surface area contributed by atoms with Crippen molar-refractivity contribution < 1.29 is 39.9 Å². The number of hydrogen-bond donors (Lipinski definition) is 11. The molecule has 10 rings (SSSR count). The van der Waals surface area contributed by atoms with Crippen molar-refractivity contribution >= 4 is 85.6 Å². The van der Waals surface area contributed by atoms with E-state index in [-0.39, 0.29) is 47.9 Å². The summed E-state index contributed by atoms with van der Waals surface area (Å²) in [6.07, 6.45) is 11.4. The van der Waals surface area contributed by atoms with Crippen LogP contribution in [-0.4, -0.2) is 159 Å². The molecule has 0 spiro atoms. The third-order valence-electron chi connectivity index (χ3n) is 19.6. The zero-order valence-electron chi connectivity index (χ0n) is 52.2. The van der Waals surface area contributed by atoms with Crippen LogP contribution in [0.3, 0.4) is 0 Å². The zero-order chi connectivity index (χ0) is 63.4. The van der Waals surface area contributed by atoms with Crippen LogP contribution < -0.4 is 16.0 Å². The number of nitrogens with zero attached hydrogens (tertiary/aromatic N) is 6. The van der Waals surface area contributed by atoms with E-state index in [0.717, 1.165) is 114 Å². The van der Waals surface area contributed by atoms with Crippen molar-refractivity contribution in [1.29, 1.82) is 0 Å². The highest BCUT2D eigenvalue weighted by Gasteiger charge is 2.44. The Kier molecular flexibility index (Phi) is 21.5. The molecule has 3 saturated heterocycles. The van der Waals surface area contributed by atoms with Gasteiger partial charge in [0, 0.05) is 106 Å². The highest BCUT2D eigenvalue weighted by Crippen LogP contribution is 2.49. The van der Waals surface area contributed by atoms with Crippen molar-refractivity contribution in [3.8, 4) is 0 Å². The fourth-order valence-corrected chi connectivity index (χ4v) is 13.8. The Balaban J connectivity index is 0.000000169. The molecule has 6 heterocycles. The first-order chi connectivity index (χ1) is 40.9. The molecule has 0 radical (unpaired) electrons. The maximum absolute atomic E-state index is 12.5. The zero-order valence-corrected chi connectivity index (χ0v) is 54.5. The third kappa shape index (κ3) is 15.9. The number of aromatic nitrogens is 6. The second-order valence-corrected chi connectivity index (χ2v) is 28.7. The number of fused-ring (bicyclic) bond motifs is 3. The van der Waals surface area contributed by atoms with E-state index in [1.54, 1.807) is 43.4 Å². The first-order valence-electron chi connectivity index (χ1n) is 30.9. The van der Waals surface area contributed by atoms with E-state index in [4.69, 9.17) is 34.8 Å². The van der Waals surface area contributed by atoms with Crippen molar-refractivity contribution in [3.05, 3.63) is 86.7 Å². The minimum absolute atomic E-state index is 0.0140. The predicted molar refractivity (Wildman–Crippen MR) is 343 cm³/mol. The Hall–Kier alpha value is -5.45. The maximum Gasteiger partial charge on any atom is 0.317 e. The first-order valence-corrected chi connectivity index (χ1v) is 32.0. The third-order valence-corrected chi connectivity index (χ3v) is 20.3. The summed E-state index contributed by atoms with van der Waals surface area (Å²) in [5, 5.41) is 88.1. The van der Waals surface area contributed by atoms with Crippen molar-refractivity contribution in [2.24, 2.45) is 34.0 Å². The number of benzene rings is 3. The number of carbonyl (C=O) groups excluding carboxylic acids is 3. The van der Waals surface area contributed by atoms with Gasteiger partial charge in [-0.15, -0.1) is 0 Å². The molecule has 4 aliphatic rings. The lowest BCUT2D eigenvalue weighted by Gasteiger charge is -2.43. The van der Waals surface area contributed by atoms with Gasteiger partial charge in [-0.2, -0.15) is 15.3 Å². The minimum atomic E-state index is -0.935. The van der Waals surface area contributed by atoms with Gasteiger partial charge in [-0.05, 0) is 155 Å². The molecule has 3 aromatic carbocycles. The average Bonchev–Trinajstić information content (AvgIpc) is 2.60. The summed E-state index contributed by atoms with van der Waals surface area (Å²) in [6, 6.07) is 10.9. The van der Waals surface area contributed by atoms with E-state index < -0.39 is 40.3 Å². The standard InChI is InChI=1S/C22H31ClN4O3.C21H31ClN4O3.C21H31ClN4O2/c1-21(2,19(28)17-11-16(23)10-14-12-25-26-18(14)17)15-4-8-27(9-5-15)20(29)24-13-22(30)6-3-7-22;1-20(2,29)12-23-19(28)26-7-5-14(6-8-26)21(3,4)18(27)16-10-15(22)9-13-11-24-25-17(13)16;1-5-13(2)24-20(28)26-8-6-15(7-9-26)21(3,4)19(27)17-11-16(22)10-14-12-23-25-18(14)17/h10-12,15,19,28,30H,3-9,13H2,1-2H3,(H,24,29)(H,25,26);9-11,14,18,27,29H,5-8,12H2,1-4H3,(H,23,28)(H,24,25);10-13,15,19,27H,5-9H2,1-4H3,(H,23,25)(H,24,28)/t19-;18-;13-,19-/m111/s1. The second-order valence-electron chi connectivity index (χ2n) is 27.4. The summed E-state index contributed by atoms with van der Waals surface area (Å²) in [7, 11) is 0. The van der Waals surface area contributed by atoms with Crippen LogP contribution in [0, 0.1) is 34.0 Å². The fourth-order valence-electron chi connectivity index (χ4n) is 13.1. The number of H-pyrrole nitrogens is 3. The Morgan fingerprint density at radius 1 is 0.575 bits per heavy atom. The van der Waals surface area contributed by atoms with Crippen LogP contribution in [-0.2, 0) is 0 Å². The molecule has 0 unspecified atom stereocenters. The second kappa shape index (κ2) is 27.7. The van der Waals surface area contributed by atoms with Gasteiger partial charge >= 0.3 is 18.1 Å². The number of halogens is 3. The predicted octanol–water partition coefficient (Wildman–Crippen LogP) is 11.6. The van der Waals surface area contributed by atoms with E-state index in [9.17, 15) is 39.9 Å². The molecule has 6 aromatic rings. The molecule has 6 amide bonds. The van der Waals surface area contributed by atoms with Crippen LogP contribution in [0.1, 0.15) is 168 Å². The van der Waals surface area contributed by atoms with Crippen LogP contribution in [0.15, 0.2) is 55.0 Å². The van der Waals surface area contributed by atoms with E-state index >= 15 is 0 Å². The first kappa shape index (κ1) is 67.5. The van der Waals surface area contributed by atoms with Crippen LogP contribution in [0.2, 0.25) is 15.1 Å². The highest BCUT2D eigenvalue weighted by molar-refractivity contribution is 6.32. The van der Waals surface area contributed by atoms with E-state index in [0.29, 0.717) is 66.8 Å². The van der Waals surface area contributed by atoms with E-state index in [1.165, 1.54) is 0 Å². The van der Waals surface area contributed by atoms with Gasteiger partial charge in [0.2, 0.25) is 0 Å². The number of aliphatic hydroxyl groups is 5. The maximum atomic E-state index is 12.5. The van der Waals surface area contributed by atoms with Gasteiger partial charge in [-0.25, -0.2) is 14.4 Å². The molecule has 23 heteroatoms. The number of likely N-dealkylation sites (tertiary alicyclic amines) is 3. The molecule has 87 heavy (non-hydrogen) atoms. The quantitative estimate of drug-likeness (QED) is 0.0460. The van der Waals surface area contributed by atoms with Crippen molar-refractivity contribution in [1.82, 2.24) is 61.2 Å². The summed E-state index contributed by atoms with van der Waals surface area (Å²) in [6.45, 7) is 24.4. The number of aliphatic hydroxyl groups excluding tert-OH is 3. The summed E-state index contributed by atoms with van der Waals surface area (Å²) in [4.78, 5) is 42.7. The highest BCUT2D eigenvalue weighted by atomic mass is 35.5. The molecular formula is C64H93Cl3N12O8. The fraction of sp³-hybridized carbons (Fsp3) is 0.625. The lowest BCUT2D eigenvalue weighted by molar-refractivity contribution is -0.0312. The van der Waals surface area contributed by atoms with Crippen LogP contribution >= 0.6 is 34.8 Å². The normalized spacial score (nSPS) is 18.9. The summed E-state index contributed by atoms with van der Waals surface area (Å²) in [5.41, 5.74) is 1.92. The molecule has 1 saturated carbocycles. The van der Waals surface area contributed by atoms with Gasteiger partial charge in [0.15, 0.2) is 0 Å². The average molecular weight is 1260 g/mol. The molecule has 1 aliphatic carbocycles. The van der Waals surface area contributed by atoms with Gasteiger partial charge in [0.05, 0.1) is 64.7 Å². The molecule has 4 fully saturated rings. The van der Waals surface area contributed by atoms with E-state index in [2.05, 4.69) is 95.0 Å². The Bertz CT molecular complexity index is 3290. The Morgan fingerprint density at radius 2 is 0.897 bits per heavy atom. The van der Waals surface area contributed by atoms with Crippen molar-refractivity contribution in [2.75, 3.05) is 52.4 Å². The number of nitrogens with one attached hydrogen (secondary N) is 6. The molecule has 0 bridgehead atoms. The number of urea groups is 3. The molecule has 4 atom stereocenters. The van der Waals surface area contributed by atoms with Gasteiger partial charge in [-0.3, -0.25) is 15.3 Å². The number of piperidine rings is 3. The number of amides is 6. The van der Waals surface area contributed by atoms with Crippen molar-refractivity contribution in [3.63, 3.8) is 0 Å².